The first-order valence-corrected chi connectivity index (χ1v) is 10.0. The maximum Gasteiger partial charge on any atom is 0.295 e. The number of amides is 1. The molecule has 0 aliphatic carbocycles. The monoisotopic (exact) mass is 483 g/mol. The van der Waals surface area contributed by atoms with Crippen LogP contribution in [0.1, 0.15) is 10.4 Å². The molecular weight excluding hydrogens is 474 g/mol. The van der Waals surface area contributed by atoms with Gasteiger partial charge >= 0.3 is 0 Å². The molecule has 128 valence electrons. The van der Waals surface area contributed by atoms with Crippen molar-refractivity contribution in [2.24, 2.45) is 0 Å². The summed E-state index contributed by atoms with van der Waals surface area (Å²) in [6, 6.07) is 14.7. The fourth-order valence-corrected chi connectivity index (χ4v) is 4.48. The molecule has 25 heavy (non-hydrogen) atoms. The highest BCUT2D eigenvalue weighted by atomic mass is 79.9. The van der Waals surface area contributed by atoms with E-state index in [-0.39, 0.29) is 10.6 Å². The van der Waals surface area contributed by atoms with Crippen LogP contribution < -0.4 is 5.32 Å². The average Bonchev–Trinajstić information content (AvgIpc) is 2.52. The zero-order valence-corrected chi connectivity index (χ0v) is 16.5. The first-order valence-electron chi connectivity index (χ1n) is 7.02. The lowest BCUT2D eigenvalue weighted by Gasteiger charge is -2.10. The van der Waals surface area contributed by atoms with Crippen molar-refractivity contribution in [3.63, 3.8) is 0 Å². The predicted molar refractivity (Wildman–Crippen MR) is 104 cm³/mol. The first kappa shape index (κ1) is 18.1. The number of halogens is 2. The van der Waals surface area contributed by atoms with E-state index in [0.717, 1.165) is 8.95 Å². The molecule has 0 unspecified atom stereocenters. The third-order valence-corrected chi connectivity index (χ3v) is 5.29. The Balaban J connectivity index is 2.06. The van der Waals surface area contributed by atoms with Crippen molar-refractivity contribution >= 4 is 64.3 Å². The van der Waals surface area contributed by atoms with Gasteiger partial charge in [-0.15, -0.1) is 0 Å². The van der Waals surface area contributed by atoms with E-state index in [9.17, 15) is 17.8 Å². The summed E-state index contributed by atoms with van der Waals surface area (Å²) in [5, 5.41) is 3.63. The highest BCUT2D eigenvalue weighted by Crippen LogP contribution is 2.28. The van der Waals surface area contributed by atoms with Gasteiger partial charge in [0.25, 0.3) is 16.0 Å². The van der Waals surface area contributed by atoms with Crippen LogP contribution in [0.15, 0.2) is 68.4 Å². The van der Waals surface area contributed by atoms with Crippen molar-refractivity contribution in [2.45, 2.75) is 4.90 Å². The van der Waals surface area contributed by atoms with Crippen molar-refractivity contribution < 1.29 is 17.8 Å². The van der Waals surface area contributed by atoms with Crippen molar-refractivity contribution in [3.8, 4) is 0 Å². The lowest BCUT2D eigenvalue weighted by atomic mass is 10.1. The molecule has 1 amide bonds. The van der Waals surface area contributed by atoms with E-state index in [1.807, 2.05) is 0 Å². The highest BCUT2D eigenvalue weighted by molar-refractivity contribution is 9.11. The van der Waals surface area contributed by atoms with Gasteiger partial charge in [-0.2, -0.15) is 8.42 Å². The van der Waals surface area contributed by atoms with Gasteiger partial charge in [0, 0.05) is 25.6 Å². The van der Waals surface area contributed by atoms with E-state index < -0.39 is 16.0 Å². The number of benzene rings is 3. The molecule has 0 bridgehead atoms. The molecule has 3 aromatic carbocycles. The second-order valence-electron chi connectivity index (χ2n) is 5.28. The highest BCUT2D eigenvalue weighted by Gasteiger charge is 2.17. The second-order valence-corrected chi connectivity index (χ2v) is 8.50. The van der Waals surface area contributed by atoms with Crippen molar-refractivity contribution in [1.29, 1.82) is 0 Å². The predicted octanol–water partition coefficient (Wildman–Crippen LogP) is 4.86. The number of rotatable bonds is 3. The van der Waals surface area contributed by atoms with Gasteiger partial charge < -0.3 is 5.32 Å². The Labute approximate surface area is 161 Å². The van der Waals surface area contributed by atoms with Crippen LogP contribution in [0.25, 0.3) is 10.8 Å². The molecule has 3 aromatic rings. The van der Waals surface area contributed by atoms with E-state index in [4.69, 9.17) is 0 Å². The third-order valence-electron chi connectivity index (χ3n) is 3.48. The Morgan fingerprint density at radius 1 is 0.960 bits per heavy atom. The number of hydrogen-bond acceptors (Lipinski definition) is 3. The van der Waals surface area contributed by atoms with Gasteiger partial charge in [-0.05, 0) is 35.7 Å². The molecule has 0 aliphatic rings. The zero-order valence-electron chi connectivity index (χ0n) is 12.5. The molecule has 0 heterocycles. The van der Waals surface area contributed by atoms with E-state index in [1.54, 1.807) is 48.5 Å². The quantitative estimate of drug-likeness (QED) is 0.520. The van der Waals surface area contributed by atoms with Crippen LogP contribution in [0.2, 0.25) is 0 Å². The smallest absolute Gasteiger partial charge is 0.295 e. The minimum absolute atomic E-state index is 0.253. The summed E-state index contributed by atoms with van der Waals surface area (Å²) in [5.41, 5.74) is 0.662. The molecule has 0 atom stereocenters. The van der Waals surface area contributed by atoms with Gasteiger partial charge in [-0.25, -0.2) is 0 Å². The topological polar surface area (TPSA) is 83.5 Å². The van der Waals surface area contributed by atoms with Crippen LogP contribution in [0, 0.1) is 0 Å². The molecular formula is C17H11Br2NO4S. The molecule has 0 radical (unpaired) electrons. The summed E-state index contributed by atoms with van der Waals surface area (Å²) < 4.78 is 34.3. The lowest BCUT2D eigenvalue weighted by Crippen LogP contribution is -2.12. The van der Waals surface area contributed by atoms with E-state index >= 15 is 0 Å². The van der Waals surface area contributed by atoms with Crippen LogP contribution >= 0.6 is 31.9 Å². The molecule has 0 fully saturated rings. The first-order chi connectivity index (χ1) is 11.7. The number of hydrogen-bond donors (Lipinski definition) is 2. The number of anilines is 1. The summed E-state index contributed by atoms with van der Waals surface area (Å²) in [5.74, 6) is -0.404. The minimum atomic E-state index is -4.43. The molecule has 8 heteroatoms. The minimum Gasteiger partial charge on any atom is -0.322 e. The van der Waals surface area contributed by atoms with Gasteiger partial charge in [0.15, 0.2) is 0 Å². The number of carbonyl (C=O) groups excluding carboxylic acids is 1. The summed E-state index contributed by atoms with van der Waals surface area (Å²) in [6.07, 6.45) is 0. The molecule has 0 saturated carbocycles. The fraction of sp³-hybridized carbons (Fsp3) is 0. The molecule has 3 rings (SSSR count). The molecule has 2 N–H and O–H groups in total. The Morgan fingerprint density at radius 2 is 1.60 bits per heavy atom. The van der Waals surface area contributed by atoms with E-state index in [2.05, 4.69) is 37.2 Å². The van der Waals surface area contributed by atoms with Gasteiger partial charge in [0.1, 0.15) is 4.90 Å². The average molecular weight is 485 g/mol. The van der Waals surface area contributed by atoms with Gasteiger partial charge in [-0.1, -0.05) is 56.1 Å². The van der Waals surface area contributed by atoms with Crippen LogP contribution in [0.3, 0.4) is 0 Å². The summed E-state index contributed by atoms with van der Waals surface area (Å²) in [4.78, 5) is 12.2. The Bertz CT molecular complexity index is 1080. The maximum atomic E-state index is 12.5. The Kier molecular flexibility index (Phi) is 4.97. The largest absolute Gasteiger partial charge is 0.322 e. The lowest BCUT2D eigenvalue weighted by molar-refractivity contribution is 0.102. The molecule has 0 aromatic heterocycles. The normalized spacial score (nSPS) is 11.5. The third kappa shape index (κ3) is 4.09. The SMILES string of the molecule is O=C(Nc1cc(S(=O)(=O)O)c2ccccc2c1)c1cc(Br)cc(Br)c1. The molecule has 5 nitrogen and oxygen atoms in total. The van der Waals surface area contributed by atoms with Crippen molar-refractivity contribution in [3.05, 3.63) is 69.1 Å². The van der Waals surface area contributed by atoms with Gasteiger partial charge in [0.2, 0.25) is 0 Å². The van der Waals surface area contributed by atoms with Crippen LogP contribution in [-0.2, 0) is 10.1 Å². The maximum absolute atomic E-state index is 12.5. The fourth-order valence-electron chi connectivity index (χ4n) is 2.45. The van der Waals surface area contributed by atoms with Crippen molar-refractivity contribution in [1.82, 2.24) is 0 Å². The van der Waals surface area contributed by atoms with Crippen LogP contribution in [-0.4, -0.2) is 18.9 Å². The number of carbonyl (C=O) groups is 1. The van der Waals surface area contributed by atoms with Gasteiger partial charge in [-0.3, -0.25) is 9.35 Å². The summed E-state index contributed by atoms with van der Waals surface area (Å²) >= 11 is 6.63. The van der Waals surface area contributed by atoms with Gasteiger partial charge in [0.05, 0.1) is 0 Å². The molecule has 0 saturated heterocycles. The van der Waals surface area contributed by atoms with Crippen molar-refractivity contribution in [2.75, 3.05) is 5.32 Å². The van der Waals surface area contributed by atoms with E-state index in [0.29, 0.717) is 16.3 Å². The molecule has 0 spiro atoms. The van der Waals surface area contributed by atoms with Crippen LogP contribution in [0.5, 0.6) is 0 Å². The van der Waals surface area contributed by atoms with Crippen LogP contribution in [0.4, 0.5) is 5.69 Å². The Hall–Kier alpha value is -1.74. The summed E-state index contributed by atoms with van der Waals surface area (Å²) in [6.45, 7) is 0. The van der Waals surface area contributed by atoms with E-state index in [1.165, 1.54) is 6.07 Å². The summed E-state index contributed by atoms with van der Waals surface area (Å²) in [7, 11) is -4.43. The standard InChI is InChI=1S/C17H11Br2NO4S/c18-12-5-11(6-13(19)8-12)17(21)20-14-7-10-3-1-2-4-15(10)16(9-14)25(22,23)24/h1-9H,(H,20,21)(H,22,23,24). The second kappa shape index (κ2) is 6.87. The number of nitrogens with one attached hydrogen (secondary N) is 1. The molecule has 0 aliphatic heterocycles. The number of fused-ring (bicyclic) bond motifs is 1. The Morgan fingerprint density at radius 3 is 2.24 bits per heavy atom. The zero-order chi connectivity index (χ0) is 18.2.